The van der Waals surface area contributed by atoms with E-state index in [9.17, 15) is 4.39 Å². The molecule has 0 heterocycles. The topological polar surface area (TPSA) is 35.2 Å². The Kier molecular flexibility index (Phi) is 4.75. The maximum absolute atomic E-state index is 13.2. The predicted molar refractivity (Wildman–Crippen MR) is 77.8 cm³/mol. The van der Waals surface area contributed by atoms with Gasteiger partial charge in [-0.3, -0.25) is 0 Å². The second-order valence-electron chi connectivity index (χ2n) is 4.39. The van der Waals surface area contributed by atoms with Crippen molar-refractivity contribution in [1.29, 1.82) is 0 Å². The Morgan fingerprint density at radius 2 is 2.05 bits per heavy atom. The first kappa shape index (κ1) is 14.1. The Morgan fingerprint density at radius 1 is 1.20 bits per heavy atom. The van der Waals surface area contributed by atoms with Gasteiger partial charge in [0.15, 0.2) is 0 Å². The molecule has 0 fully saturated rings. The van der Waals surface area contributed by atoms with E-state index < -0.39 is 0 Å². The quantitative estimate of drug-likeness (QED) is 0.869. The first-order valence-electron chi connectivity index (χ1n) is 6.36. The third kappa shape index (κ3) is 3.84. The summed E-state index contributed by atoms with van der Waals surface area (Å²) in [6.07, 6.45) is 0. The van der Waals surface area contributed by atoms with E-state index in [0.717, 1.165) is 16.7 Å². The molecule has 0 atom stereocenters. The van der Waals surface area contributed by atoms with Gasteiger partial charge in [0.2, 0.25) is 0 Å². The highest BCUT2D eigenvalue weighted by Gasteiger charge is 2.02. The number of hydrogen-bond acceptors (Lipinski definition) is 2. The molecule has 0 aliphatic rings. The van der Waals surface area contributed by atoms with Crippen LogP contribution in [0.1, 0.15) is 16.7 Å². The average molecular weight is 269 g/mol. The van der Waals surface area contributed by atoms with Crippen molar-refractivity contribution in [3.63, 3.8) is 0 Å². The molecule has 2 rings (SSSR count). The molecular weight excluding hydrogens is 253 g/mol. The van der Waals surface area contributed by atoms with E-state index in [4.69, 9.17) is 10.5 Å². The van der Waals surface area contributed by atoms with Gasteiger partial charge in [0.1, 0.15) is 18.2 Å². The van der Waals surface area contributed by atoms with Gasteiger partial charge in [-0.05, 0) is 48.4 Å². The van der Waals surface area contributed by atoms with E-state index in [2.05, 4.69) is 11.8 Å². The predicted octanol–water partition coefficient (Wildman–Crippen LogP) is 3.02. The molecule has 0 aromatic heterocycles. The zero-order valence-electron chi connectivity index (χ0n) is 11.3. The Hall–Kier alpha value is -2.31. The Balaban J connectivity index is 2.09. The molecule has 0 amide bonds. The molecule has 0 bridgehead atoms. The smallest absolute Gasteiger partial charge is 0.123 e. The van der Waals surface area contributed by atoms with Gasteiger partial charge in [0.05, 0.1) is 6.54 Å². The summed E-state index contributed by atoms with van der Waals surface area (Å²) in [5.74, 6) is 6.20. The average Bonchev–Trinajstić information content (AvgIpc) is 2.46. The first-order valence-corrected chi connectivity index (χ1v) is 6.36. The van der Waals surface area contributed by atoms with Crippen LogP contribution in [-0.4, -0.2) is 6.54 Å². The highest BCUT2D eigenvalue weighted by Crippen LogP contribution is 2.17. The minimum atomic E-state index is -0.253. The molecule has 2 aromatic rings. The zero-order chi connectivity index (χ0) is 14.4. The molecule has 0 aliphatic heterocycles. The van der Waals surface area contributed by atoms with E-state index in [0.29, 0.717) is 18.9 Å². The van der Waals surface area contributed by atoms with Crippen molar-refractivity contribution in [2.75, 3.05) is 6.54 Å². The summed E-state index contributed by atoms with van der Waals surface area (Å²) in [5, 5.41) is 0. The SMILES string of the molecule is Cc1ccc(F)cc1COc1cccc(C#CCN)c1. The lowest BCUT2D eigenvalue weighted by molar-refractivity contribution is 0.304. The van der Waals surface area contributed by atoms with Crippen LogP contribution in [0.4, 0.5) is 4.39 Å². The third-order valence-corrected chi connectivity index (χ3v) is 2.87. The lowest BCUT2D eigenvalue weighted by Gasteiger charge is -2.09. The lowest BCUT2D eigenvalue weighted by Crippen LogP contribution is -1.99. The van der Waals surface area contributed by atoms with Crippen LogP contribution in [-0.2, 0) is 6.61 Å². The van der Waals surface area contributed by atoms with Crippen LogP contribution in [0.3, 0.4) is 0 Å². The van der Waals surface area contributed by atoms with E-state index in [-0.39, 0.29) is 5.82 Å². The molecule has 20 heavy (non-hydrogen) atoms. The zero-order valence-corrected chi connectivity index (χ0v) is 11.3. The fourth-order valence-corrected chi connectivity index (χ4v) is 1.77. The van der Waals surface area contributed by atoms with E-state index in [1.165, 1.54) is 12.1 Å². The molecule has 0 radical (unpaired) electrons. The van der Waals surface area contributed by atoms with Crippen molar-refractivity contribution < 1.29 is 9.13 Å². The molecule has 2 N–H and O–H groups in total. The summed E-state index contributed by atoms with van der Waals surface area (Å²) in [4.78, 5) is 0. The standard InChI is InChI=1S/C17H16FNO/c1-13-7-8-16(18)11-15(13)12-20-17-6-2-4-14(10-17)5-3-9-19/h2,4,6-8,10-11H,9,12,19H2,1H3. The second-order valence-corrected chi connectivity index (χ2v) is 4.39. The van der Waals surface area contributed by atoms with E-state index in [1.54, 1.807) is 6.07 Å². The lowest BCUT2D eigenvalue weighted by atomic mass is 10.1. The van der Waals surface area contributed by atoms with Gasteiger partial charge in [-0.2, -0.15) is 0 Å². The van der Waals surface area contributed by atoms with Crippen LogP contribution < -0.4 is 10.5 Å². The molecule has 2 aromatic carbocycles. The highest BCUT2D eigenvalue weighted by atomic mass is 19.1. The molecule has 0 saturated heterocycles. The van der Waals surface area contributed by atoms with Crippen molar-refractivity contribution in [2.45, 2.75) is 13.5 Å². The van der Waals surface area contributed by atoms with E-state index >= 15 is 0 Å². The maximum atomic E-state index is 13.2. The minimum Gasteiger partial charge on any atom is -0.489 e. The Labute approximate surface area is 118 Å². The van der Waals surface area contributed by atoms with Crippen LogP contribution in [0.2, 0.25) is 0 Å². The summed E-state index contributed by atoms with van der Waals surface area (Å²) in [5.41, 5.74) is 8.03. The van der Waals surface area contributed by atoms with Crippen molar-refractivity contribution in [3.05, 3.63) is 65.0 Å². The number of rotatable bonds is 3. The van der Waals surface area contributed by atoms with Crippen molar-refractivity contribution in [1.82, 2.24) is 0 Å². The highest BCUT2D eigenvalue weighted by molar-refractivity contribution is 5.40. The number of aryl methyl sites for hydroxylation is 1. The molecule has 0 unspecified atom stereocenters. The molecule has 3 heteroatoms. The summed E-state index contributed by atoms with van der Waals surface area (Å²) < 4.78 is 18.9. The van der Waals surface area contributed by atoms with Crippen LogP contribution in [0.25, 0.3) is 0 Å². The largest absolute Gasteiger partial charge is 0.489 e. The fourth-order valence-electron chi connectivity index (χ4n) is 1.77. The minimum absolute atomic E-state index is 0.253. The molecule has 0 saturated carbocycles. The number of benzene rings is 2. The normalized spacial score (nSPS) is 9.75. The van der Waals surface area contributed by atoms with Crippen LogP contribution >= 0.6 is 0 Å². The number of halogens is 1. The Morgan fingerprint density at radius 3 is 2.85 bits per heavy atom. The Bertz CT molecular complexity index is 656. The molecular formula is C17H16FNO. The summed E-state index contributed by atoms with van der Waals surface area (Å²) in [7, 11) is 0. The number of hydrogen-bond donors (Lipinski definition) is 1. The molecule has 2 nitrogen and oxygen atoms in total. The van der Waals surface area contributed by atoms with Crippen LogP contribution in [0, 0.1) is 24.6 Å². The number of ether oxygens (including phenoxy) is 1. The molecule has 0 spiro atoms. The van der Waals surface area contributed by atoms with Crippen LogP contribution in [0.15, 0.2) is 42.5 Å². The summed E-state index contributed by atoms with van der Waals surface area (Å²) >= 11 is 0. The number of nitrogens with two attached hydrogens (primary N) is 1. The van der Waals surface area contributed by atoms with Crippen molar-refractivity contribution in [3.8, 4) is 17.6 Å². The molecule has 102 valence electrons. The van der Waals surface area contributed by atoms with Crippen LogP contribution in [0.5, 0.6) is 5.75 Å². The first-order chi connectivity index (χ1) is 9.69. The molecule has 0 aliphatic carbocycles. The van der Waals surface area contributed by atoms with Gasteiger partial charge in [-0.15, -0.1) is 0 Å². The fraction of sp³-hybridized carbons (Fsp3) is 0.176. The van der Waals surface area contributed by atoms with Crippen molar-refractivity contribution >= 4 is 0 Å². The van der Waals surface area contributed by atoms with Gasteiger partial charge in [0, 0.05) is 5.56 Å². The summed E-state index contributed by atoms with van der Waals surface area (Å²) in [6.45, 7) is 2.59. The second kappa shape index (κ2) is 6.74. The van der Waals surface area contributed by atoms with E-state index in [1.807, 2.05) is 31.2 Å². The maximum Gasteiger partial charge on any atom is 0.123 e. The van der Waals surface area contributed by atoms with Gasteiger partial charge >= 0.3 is 0 Å². The van der Waals surface area contributed by atoms with Gasteiger partial charge in [-0.25, -0.2) is 4.39 Å². The summed E-state index contributed by atoms with van der Waals surface area (Å²) in [6, 6.07) is 12.1. The monoisotopic (exact) mass is 269 g/mol. The van der Waals surface area contributed by atoms with Crippen molar-refractivity contribution in [2.24, 2.45) is 5.73 Å². The van der Waals surface area contributed by atoms with Gasteiger partial charge < -0.3 is 10.5 Å². The third-order valence-electron chi connectivity index (χ3n) is 2.87. The van der Waals surface area contributed by atoms with Gasteiger partial charge in [0.25, 0.3) is 0 Å². The van der Waals surface area contributed by atoms with Gasteiger partial charge in [-0.1, -0.05) is 24.0 Å².